The number of hydrogen-bond acceptors (Lipinski definition) is 3. The first-order valence-corrected chi connectivity index (χ1v) is 7.08. The zero-order valence-electron chi connectivity index (χ0n) is 11.9. The molecular weight excluding hydrogens is 280 g/mol. The number of aromatic amines is 1. The third-order valence-electron chi connectivity index (χ3n) is 3.33. The van der Waals surface area contributed by atoms with Crippen LogP contribution < -0.4 is 4.90 Å². The van der Waals surface area contributed by atoms with Gasteiger partial charge in [0.05, 0.1) is 5.69 Å². The molecule has 0 spiro atoms. The molecule has 0 radical (unpaired) electrons. The number of aromatic nitrogens is 3. The molecule has 0 unspecified atom stereocenters. The van der Waals surface area contributed by atoms with E-state index in [9.17, 15) is 0 Å². The van der Waals surface area contributed by atoms with E-state index in [1.807, 2.05) is 61.1 Å². The molecule has 3 aromatic rings. The van der Waals surface area contributed by atoms with Gasteiger partial charge in [0, 0.05) is 25.3 Å². The van der Waals surface area contributed by atoms with E-state index >= 15 is 0 Å². The molecule has 0 aliphatic rings. The van der Waals surface area contributed by atoms with Crippen molar-refractivity contribution in [3.8, 4) is 17.1 Å². The Balaban J connectivity index is 2.11. The number of hydrogen-bond donors (Lipinski definition) is 1. The first-order chi connectivity index (χ1) is 10.2. The van der Waals surface area contributed by atoms with E-state index in [0.717, 1.165) is 22.8 Å². The molecule has 0 saturated heterocycles. The lowest BCUT2D eigenvalue weighted by Gasteiger charge is -2.13. The molecule has 21 heavy (non-hydrogen) atoms. The van der Waals surface area contributed by atoms with E-state index in [1.54, 1.807) is 0 Å². The maximum atomic E-state index is 5.37. The largest absolute Gasteiger partial charge is 0.378 e. The maximum Gasteiger partial charge on any atom is 0.200 e. The van der Waals surface area contributed by atoms with Crippen molar-refractivity contribution in [1.82, 2.24) is 14.8 Å². The van der Waals surface area contributed by atoms with E-state index in [4.69, 9.17) is 12.2 Å². The highest BCUT2D eigenvalue weighted by atomic mass is 32.1. The molecule has 106 valence electrons. The zero-order chi connectivity index (χ0) is 14.8. The molecule has 1 heterocycles. The van der Waals surface area contributed by atoms with E-state index in [0.29, 0.717) is 4.77 Å². The SMILES string of the molecule is CN(C)c1ccc(-n2c(-c3ccccc3)n[nH]c2=S)cc1. The summed E-state index contributed by atoms with van der Waals surface area (Å²) < 4.78 is 2.54. The lowest BCUT2D eigenvalue weighted by Crippen LogP contribution is -2.08. The number of anilines is 1. The fourth-order valence-corrected chi connectivity index (χ4v) is 2.45. The minimum atomic E-state index is 0.589. The summed E-state index contributed by atoms with van der Waals surface area (Å²) in [5.41, 5.74) is 3.18. The van der Waals surface area contributed by atoms with Gasteiger partial charge < -0.3 is 4.90 Å². The molecule has 0 aliphatic heterocycles. The summed E-state index contributed by atoms with van der Waals surface area (Å²) in [6.07, 6.45) is 0. The number of nitrogens with one attached hydrogen (secondary N) is 1. The van der Waals surface area contributed by atoms with Gasteiger partial charge in [-0.15, -0.1) is 0 Å². The van der Waals surface area contributed by atoms with Crippen molar-refractivity contribution >= 4 is 17.9 Å². The quantitative estimate of drug-likeness (QED) is 0.749. The Morgan fingerprint density at radius 2 is 1.67 bits per heavy atom. The normalized spacial score (nSPS) is 10.6. The molecule has 0 atom stereocenters. The average Bonchev–Trinajstić information content (AvgIpc) is 2.90. The molecule has 0 saturated carbocycles. The molecule has 4 nitrogen and oxygen atoms in total. The van der Waals surface area contributed by atoms with Crippen LogP contribution >= 0.6 is 12.2 Å². The Bertz CT molecular complexity index is 785. The smallest absolute Gasteiger partial charge is 0.200 e. The second kappa shape index (κ2) is 5.54. The predicted molar refractivity (Wildman–Crippen MR) is 88.5 cm³/mol. The van der Waals surface area contributed by atoms with Gasteiger partial charge in [0.1, 0.15) is 0 Å². The highest BCUT2D eigenvalue weighted by molar-refractivity contribution is 7.71. The second-order valence-corrected chi connectivity index (χ2v) is 5.35. The summed E-state index contributed by atoms with van der Waals surface area (Å²) >= 11 is 5.37. The van der Waals surface area contributed by atoms with Gasteiger partial charge in [-0.2, -0.15) is 5.10 Å². The Labute approximate surface area is 128 Å². The van der Waals surface area contributed by atoms with Crippen LogP contribution in [-0.4, -0.2) is 28.9 Å². The van der Waals surface area contributed by atoms with E-state index < -0.39 is 0 Å². The van der Waals surface area contributed by atoms with Crippen LogP contribution in [0.3, 0.4) is 0 Å². The summed E-state index contributed by atoms with van der Waals surface area (Å²) in [7, 11) is 4.04. The van der Waals surface area contributed by atoms with Crippen molar-refractivity contribution < 1.29 is 0 Å². The van der Waals surface area contributed by atoms with Gasteiger partial charge in [-0.3, -0.25) is 9.67 Å². The Kier molecular flexibility index (Phi) is 3.58. The van der Waals surface area contributed by atoms with Crippen molar-refractivity contribution in [2.45, 2.75) is 0 Å². The van der Waals surface area contributed by atoms with Crippen LogP contribution in [0.5, 0.6) is 0 Å². The topological polar surface area (TPSA) is 36.9 Å². The lowest BCUT2D eigenvalue weighted by molar-refractivity contribution is 1.03. The Morgan fingerprint density at radius 3 is 2.29 bits per heavy atom. The molecule has 0 amide bonds. The summed E-state index contributed by atoms with van der Waals surface area (Å²) in [6, 6.07) is 18.3. The van der Waals surface area contributed by atoms with Crippen molar-refractivity contribution in [3.05, 3.63) is 59.4 Å². The lowest BCUT2D eigenvalue weighted by atomic mass is 10.2. The minimum Gasteiger partial charge on any atom is -0.378 e. The molecule has 3 rings (SSSR count). The van der Waals surface area contributed by atoms with E-state index in [2.05, 4.69) is 27.2 Å². The van der Waals surface area contributed by atoms with Gasteiger partial charge in [0.2, 0.25) is 0 Å². The summed E-state index contributed by atoms with van der Waals surface area (Å²) in [5.74, 6) is 0.818. The molecule has 5 heteroatoms. The molecule has 1 aromatic heterocycles. The third kappa shape index (κ3) is 2.60. The van der Waals surface area contributed by atoms with Gasteiger partial charge in [-0.1, -0.05) is 30.3 Å². The Morgan fingerprint density at radius 1 is 1.00 bits per heavy atom. The second-order valence-electron chi connectivity index (χ2n) is 4.96. The van der Waals surface area contributed by atoms with Crippen LogP contribution in [0, 0.1) is 4.77 Å². The summed E-state index contributed by atoms with van der Waals surface area (Å²) in [6.45, 7) is 0. The van der Waals surface area contributed by atoms with Gasteiger partial charge in [0.15, 0.2) is 10.6 Å². The average molecular weight is 296 g/mol. The fourth-order valence-electron chi connectivity index (χ4n) is 2.22. The predicted octanol–water partition coefficient (Wildman–Crippen LogP) is 3.66. The third-order valence-corrected chi connectivity index (χ3v) is 3.60. The number of rotatable bonds is 3. The molecule has 0 fully saturated rings. The monoisotopic (exact) mass is 296 g/mol. The molecule has 0 aliphatic carbocycles. The highest BCUT2D eigenvalue weighted by Crippen LogP contribution is 2.22. The van der Waals surface area contributed by atoms with Crippen LogP contribution in [0.1, 0.15) is 0 Å². The number of nitrogens with zero attached hydrogens (tertiary/aromatic N) is 3. The molecular formula is C16H16N4S. The first-order valence-electron chi connectivity index (χ1n) is 6.67. The minimum absolute atomic E-state index is 0.589. The summed E-state index contributed by atoms with van der Waals surface area (Å²) in [5, 5.41) is 7.23. The van der Waals surface area contributed by atoms with Gasteiger partial charge in [0.25, 0.3) is 0 Å². The van der Waals surface area contributed by atoms with Gasteiger partial charge in [-0.05, 0) is 36.5 Å². The van der Waals surface area contributed by atoms with Crippen LogP contribution in [0.2, 0.25) is 0 Å². The van der Waals surface area contributed by atoms with E-state index in [-0.39, 0.29) is 0 Å². The molecule has 2 aromatic carbocycles. The van der Waals surface area contributed by atoms with Crippen molar-refractivity contribution in [2.24, 2.45) is 0 Å². The maximum absolute atomic E-state index is 5.37. The zero-order valence-corrected chi connectivity index (χ0v) is 12.8. The van der Waals surface area contributed by atoms with Crippen molar-refractivity contribution in [1.29, 1.82) is 0 Å². The number of H-pyrrole nitrogens is 1. The van der Waals surface area contributed by atoms with Crippen molar-refractivity contribution in [3.63, 3.8) is 0 Å². The van der Waals surface area contributed by atoms with Crippen LogP contribution in [0.4, 0.5) is 5.69 Å². The van der Waals surface area contributed by atoms with Crippen LogP contribution in [0.15, 0.2) is 54.6 Å². The van der Waals surface area contributed by atoms with Gasteiger partial charge in [-0.25, -0.2) is 0 Å². The van der Waals surface area contributed by atoms with E-state index in [1.165, 1.54) is 0 Å². The Hall–Kier alpha value is -2.40. The van der Waals surface area contributed by atoms with Crippen molar-refractivity contribution in [2.75, 3.05) is 19.0 Å². The van der Waals surface area contributed by atoms with Gasteiger partial charge >= 0.3 is 0 Å². The highest BCUT2D eigenvalue weighted by Gasteiger charge is 2.10. The fraction of sp³-hybridized carbons (Fsp3) is 0.125. The molecule has 0 bridgehead atoms. The molecule has 1 N–H and O–H groups in total. The summed E-state index contributed by atoms with van der Waals surface area (Å²) in [4.78, 5) is 2.07. The standard InChI is InChI=1S/C16H16N4S/c1-19(2)13-8-10-14(11-9-13)20-15(17-18-16(20)21)12-6-4-3-5-7-12/h3-11H,1-2H3,(H,18,21). The van der Waals surface area contributed by atoms with Crippen LogP contribution in [-0.2, 0) is 0 Å². The number of benzene rings is 2. The van der Waals surface area contributed by atoms with Crippen LogP contribution in [0.25, 0.3) is 17.1 Å². The first kappa shape index (κ1) is 13.6.